The van der Waals surface area contributed by atoms with Gasteiger partial charge in [0.15, 0.2) is 0 Å². The third kappa shape index (κ3) is 5.94. The van der Waals surface area contributed by atoms with Gasteiger partial charge in [-0.3, -0.25) is 9.48 Å². The second-order valence-electron chi connectivity index (χ2n) is 8.05. The van der Waals surface area contributed by atoms with Crippen molar-refractivity contribution in [2.45, 2.75) is 12.3 Å². The molecule has 1 atom stereocenters. The summed E-state index contributed by atoms with van der Waals surface area (Å²) in [6.07, 6.45) is 6.25. The van der Waals surface area contributed by atoms with Gasteiger partial charge in [-0.25, -0.2) is 4.98 Å². The highest BCUT2D eigenvalue weighted by atomic mass is 16.2. The standard InChI is InChI=1S/C27H26N6O/c1-33-19-24(17-31-33)23-11-12-26(30-16-23)32-27(34)25(22-5-3-2-4-6-22)18-29-14-13-20-7-9-21(15-28)10-8-20/h2-12,16-17,19,25,29H,13-14,18H2,1H3,(H,30,32,34). The smallest absolute Gasteiger partial charge is 0.234 e. The fourth-order valence-electron chi connectivity index (χ4n) is 3.69. The molecule has 0 bridgehead atoms. The second-order valence-corrected chi connectivity index (χ2v) is 8.05. The molecule has 0 aliphatic carbocycles. The van der Waals surface area contributed by atoms with Crippen LogP contribution in [0.2, 0.25) is 0 Å². The Balaban J connectivity index is 1.38. The van der Waals surface area contributed by atoms with Gasteiger partial charge in [0.05, 0.1) is 23.7 Å². The van der Waals surface area contributed by atoms with Crippen molar-refractivity contribution < 1.29 is 4.79 Å². The molecule has 0 saturated carbocycles. The van der Waals surface area contributed by atoms with E-state index in [4.69, 9.17) is 5.26 Å². The summed E-state index contributed by atoms with van der Waals surface area (Å²) in [5.41, 5.74) is 4.65. The highest BCUT2D eigenvalue weighted by Crippen LogP contribution is 2.21. The van der Waals surface area contributed by atoms with Crippen molar-refractivity contribution in [1.82, 2.24) is 20.1 Å². The van der Waals surface area contributed by atoms with Crippen LogP contribution in [-0.4, -0.2) is 33.8 Å². The van der Waals surface area contributed by atoms with Crippen molar-refractivity contribution in [3.63, 3.8) is 0 Å². The zero-order valence-electron chi connectivity index (χ0n) is 19.0. The number of pyridine rings is 1. The summed E-state index contributed by atoms with van der Waals surface area (Å²) in [5.74, 6) is 0.0387. The predicted molar refractivity (Wildman–Crippen MR) is 132 cm³/mol. The van der Waals surface area contributed by atoms with E-state index < -0.39 is 0 Å². The lowest BCUT2D eigenvalue weighted by atomic mass is 9.98. The highest BCUT2D eigenvalue weighted by Gasteiger charge is 2.20. The number of aromatic nitrogens is 3. The maximum absolute atomic E-state index is 13.2. The lowest BCUT2D eigenvalue weighted by molar-refractivity contribution is -0.117. The Bertz CT molecular complexity index is 1260. The summed E-state index contributed by atoms with van der Waals surface area (Å²) in [7, 11) is 1.87. The van der Waals surface area contributed by atoms with E-state index in [-0.39, 0.29) is 11.8 Å². The Labute approximate surface area is 199 Å². The number of aryl methyl sites for hydroxylation is 1. The summed E-state index contributed by atoms with van der Waals surface area (Å²) in [6, 6.07) is 23.2. The van der Waals surface area contributed by atoms with Crippen LogP contribution in [0.3, 0.4) is 0 Å². The number of rotatable bonds is 9. The van der Waals surface area contributed by atoms with Gasteiger partial charge in [0.2, 0.25) is 5.91 Å². The first kappa shape index (κ1) is 22.9. The Hall–Kier alpha value is -4.28. The van der Waals surface area contributed by atoms with Gasteiger partial charge < -0.3 is 10.6 Å². The fraction of sp³-hybridized carbons (Fsp3) is 0.185. The minimum absolute atomic E-state index is 0.112. The first-order chi connectivity index (χ1) is 16.6. The summed E-state index contributed by atoms with van der Waals surface area (Å²) >= 11 is 0. The van der Waals surface area contributed by atoms with Gasteiger partial charge in [0.1, 0.15) is 5.82 Å². The summed E-state index contributed by atoms with van der Waals surface area (Å²) < 4.78 is 1.74. The Morgan fingerprint density at radius 1 is 1.03 bits per heavy atom. The van der Waals surface area contributed by atoms with E-state index in [2.05, 4.69) is 26.8 Å². The molecule has 0 saturated heterocycles. The number of amides is 1. The summed E-state index contributed by atoms with van der Waals surface area (Å²) in [4.78, 5) is 17.6. The number of hydrogen-bond acceptors (Lipinski definition) is 5. The average molecular weight is 451 g/mol. The maximum Gasteiger partial charge on any atom is 0.234 e. The van der Waals surface area contributed by atoms with Crippen LogP contribution in [-0.2, 0) is 18.3 Å². The van der Waals surface area contributed by atoms with E-state index in [0.717, 1.165) is 35.2 Å². The van der Waals surface area contributed by atoms with Crippen molar-refractivity contribution in [1.29, 1.82) is 5.26 Å². The van der Waals surface area contributed by atoms with Crippen molar-refractivity contribution in [2.24, 2.45) is 7.05 Å². The molecule has 0 spiro atoms. The van der Waals surface area contributed by atoms with E-state index in [1.165, 1.54) is 0 Å². The van der Waals surface area contributed by atoms with Gasteiger partial charge in [-0.05, 0) is 48.4 Å². The van der Waals surface area contributed by atoms with Gasteiger partial charge in [-0.1, -0.05) is 42.5 Å². The van der Waals surface area contributed by atoms with Gasteiger partial charge >= 0.3 is 0 Å². The van der Waals surface area contributed by atoms with Gasteiger partial charge in [0.25, 0.3) is 0 Å². The van der Waals surface area contributed by atoms with E-state index in [9.17, 15) is 4.79 Å². The molecule has 2 aromatic carbocycles. The SMILES string of the molecule is Cn1cc(-c2ccc(NC(=O)C(CNCCc3ccc(C#N)cc3)c3ccccc3)nc2)cn1. The molecule has 2 heterocycles. The van der Waals surface area contributed by atoms with Crippen molar-refractivity contribution in [3.8, 4) is 17.2 Å². The molecular weight excluding hydrogens is 424 g/mol. The van der Waals surface area contributed by atoms with E-state index in [0.29, 0.717) is 17.9 Å². The number of hydrogen-bond donors (Lipinski definition) is 2. The van der Waals surface area contributed by atoms with Crippen LogP contribution in [0.4, 0.5) is 5.82 Å². The number of anilines is 1. The quantitative estimate of drug-likeness (QED) is 0.377. The third-order valence-electron chi connectivity index (χ3n) is 5.59. The molecule has 7 heteroatoms. The second kappa shape index (κ2) is 11.0. The molecule has 1 amide bonds. The Morgan fingerprint density at radius 2 is 1.82 bits per heavy atom. The minimum atomic E-state index is -0.359. The van der Waals surface area contributed by atoms with Crippen LogP contribution in [0.15, 0.2) is 85.3 Å². The molecular formula is C27H26N6O. The largest absolute Gasteiger partial charge is 0.315 e. The van der Waals surface area contributed by atoms with Gasteiger partial charge in [-0.15, -0.1) is 0 Å². The number of nitrogens with one attached hydrogen (secondary N) is 2. The first-order valence-corrected chi connectivity index (χ1v) is 11.1. The molecule has 4 rings (SSSR count). The van der Waals surface area contributed by atoms with Crippen LogP contribution >= 0.6 is 0 Å². The molecule has 2 aromatic heterocycles. The minimum Gasteiger partial charge on any atom is -0.315 e. The molecule has 170 valence electrons. The molecule has 2 N–H and O–H groups in total. The lowest BCUT2D eigenvalue weighted by Gasteiger charge is -2.18. The fourth-order valence-corrected chi connectivity index (χ4v) is 3.69. The number of carbonyl (C=O) groups excluding carboxylic acids is 1. The number of nitriles is 1. The Kier molecular flexibility index (Phi) is 7.43. The molecule has 0 aliphatic rings. The van der Waals surface area contributed by atoms with E-state index in [1.54, 1.807) is 23.1 Å². The van der Waals surface area contributed by atoms with Crippen molar-refractivity contribution >= 4 is 11.7 Å². The first-order valence-electron chi connectivity index (χ1n) is 11.1. The zero-order valence-corrected chi connectivity index (χ0v) is 19.0. The van der Waals surface area contributed by atoms with Crippen LogP contribution in [0.1, 0.15) is 22.6 Å². The number of nitrogens with zero attached hydrogens (tertiary/aromatic N) is 4. The number of carbonyl (C=O) groups is 1. The monoisotopic (exact) mass is 450 g/mol. The topological polar surface area (TPSA) is 95.6 Å². The van der Waals surface area contributed by atoms with Crippen LogP contribution in [0.5, 0.6) is 0 Å². The zero-order chi connectivity index (χ0) is 23.8. The van der Waals surface area contributed by atoms with E-state index >= 15 is 0 Å². The molecule has 34 heavy (non-hydrogen) atoms. The van der Waals surface area contributed by atoms with Crippen molar-refractivity contribution in [3.05, 3.63) is 102 Å². The molecule has 4 aromatic rings. The normalized spacial score (nSPS) is 11.5. The molecule has 0 radical (unpaired) electrons. The predicted octanol–water partition coefficient (Wildman–Crippen LogP) is 3.91. The van der Waals surface area contributed by atoms with Gasteiger partial charge in [0, 0.05) is 37.1 Å². The Morgan fingerprint density at radius 3 is 2.47 bits per heavy atom. The van der Waals surface area contributed by atoms with Crippen LogP contribution in [0.25, 0.3) is 11.1 Å². The molecule has 0 aliphatic heterocycles. The average Bonchev–Trinajstić information content (AvgIpc) is 3.31. The van der Waals surface area contributed by atoms with Crippen molar-refractivity contribution in [2.75, 3.05) is 18.4 Å². The van der Waals surface area contributed by atoms with E-state index in [1.807, 2.05) is 73.9 Å². The summed E-state index contributed by atoms with van der Waals surface area (Å²) in [5, 5.41) is 19.5. The third-order valence-corrected chi connectivity index (χ3v) is 5.59. The molecule has 7 nitrogen and oxygen atoms in total. The highest BCUT2D eigenvalue weighted by molar-refractivity contribution is 5.95. The lowest BCUT2D eigenvalue weighted by Crippen LogP contribution is -2.32. The molecule has 0 fully saturated rings. The van der Waals surface area contributed by atoms with Crippen LogP contribution < -0.4 is 10.6 Å². The van der Waals surface area contributed by atoms with Gasteiger partial charge in [-0.2, -0.15) is 10.4 Å². The van der Waals surface area contributed by atoms with Crippen LogP contribution in [0, 0.1) is 11.3 Å². The maximum atomic E-state index is 13.2. The number of benzene rings is 2. The summed E-state index contributed by atoms with van der Waals surface area (Å²) in [6.45, 7) is 1.22. The molecule has 1 unspecified atom stereocenters.